The molecule has 1 aromatic heterocycles. The molecule has 0 spiro atoms. The minimum Gasteiger partial charge on any atom is -0.393 e. The van der Waals surface area contributed by atoms with Gasteiger partial charge < -0.3 is 14.6 Å². The van der Waals surface area contributed by atoms with Gasteiger partial charge in [-0.05, 0) is 44.7 Å². The van der Waals surface area contributed by atoms with Gasteiger partial charge in [-0.25, -0.2) is 0 Å². The zero-order chi connectivity index (χ0) is 15.7. The first-order valence-corrected chi connectivity index (χ1v) is 8.17. The van der Waals surface area contributed by atoms with E-state index in [2.05, 4.69) is 23.6 Å². The number of hydrogen-bond donors (Lipinski definition) is 1. The van der Waals surface area contributed by atoms with Crippen LogP contribution in [0.4, 0.5) is 0 Å². The lowest BCUT2D eigenvalue weighted by Gasteiger charge is -2.33. The van der Waals surface area contributed by atoms with Crippen molar-refractivity contribution in [3.05, 3.63) is 36.0 Å². The van der Waals surface area contributed by atoms with Crippen LogP contribution in [0.1, 0.15) is 37.2 Å². The molecular formula is C18H24N2O2. The van der Waals surface area contributed by atoms with Crippen molar-refractivity contribution in [2.24, 2.45) is 5.92 Å². The Morgan fingerprint density at radius 2 is 2.00 bits per heavy atom. The Kier molecular flexibility index (Phi) is 4.21. The van der Waals surface area contributed by atoms with Gasteiger partial charge in [-0.3, -0.25) is 4.79 Å². The Hall–Kier alpha value is -1.81. The van der Waals surface area contributed by atoms with Crippen LogP contribution in [0, 0.1) is 5.92 Å². The molecule has 1 fully saturated rings. The zero-order valence-corrected chi connectivity index (χ0v) is 13.3. The maximum Gasteiger partial charge on any atom is 0.270 e. The maximum absolute atomic E-state index is 12.9. The molecule has 0 radical (unpaired) electrons. The van der Waals surface area contributed by atoms with Gasteiger partial charge in [0.1, 0.15) is 5.69 Å². The van der Waals surface area contributed by atoms with Gasteiger partial charge in [0.2, 0.25) is 0 Å². The third-order valence-electron chi connectivity index (χ3n) is 4.85. The van der Waals surface area contributed by atoms with Crippen LogP contribution in [0.25, 0.3) is 10.9 Å². The number of amides is 1. The van der Waals surface area contributed by atoms with Crippen molar-refractivity contribution >= 4 is 16.8 Å². The van der Waals surface area contributed by atoms with E-state index in [9.17, 15) is 9.90 Å². The average Bonchev–Trinajstić information content (AvgIpc) is 2.92. The Morgan fingerprint density at radius 1 is 1.32 bits per heavy atom. The van der Waals surface area contributed by atoms with Gasteiger partial charge in [0.05, 0.1) is 6.10 Å². The molecule has 118 valence electrons. The Bertz CT molecular complexity index is 667. The largest absolute Gasteiger partial charge is 0.393 e. The summed E-state index contributed by atoms with van der Waals surface area (Å²) in [5, 5.41) is 10.8. The number of hydrogen-bond acceptors (Lipinski definition) is 2. The number of benzene rings is 1. The molecule has 1 amide bonds. The number of nitrogens with zero attached hydrogens (tertiary/aromatic N) is 2. The number of aryl methyl sites for hydroxylation is 1. The SMILES string of the molecule is CCn1c(C(=O)N2CCC(C(C)O)CC2)cc2ccccc21. The number of aromatic nitrogens is 1. The van der Waals surface area contributed by atoms with Crippen LogP contribution < -0.4 is 0 Å². The number of piperidine rings is 1. The number of rotatable bonds is 3. The van der Waals surface area contributed by atoms with Crippen molar-refractivity contribution in [2.75, 3.05) is 13.1 Å². The quantitative estimate of drug-likeness (QED) is 0.947. The molecule has 0 aliphatic carbocycles. The van der Waals surface area contributed by atoms with Crippen molar-refractivity contribution in [3.8, 4) is 0 Å². The average molecular weight is 300 g/mol. The lowest BCUT2D eigenvalue weighted by Crippen LogP contribution is -2.41. The van der Waals surface area contributed by atoms with E-state index in [0.717, 1.165) is 49.1 Å². The third-order valence-corrected chi connectivity index (χ3v) is 4.85. The van der Waals surface area contributed by atoms with Crippen LogP contribution >= 0.6 is 0 Å². The summed E-state index contributed by atoms with van der Waals surface area (Å²) >= 11 is 0. The van der Waals surface area contributed by atoms with Gasteiger partial charge in [0.25, 0.3) is 5.91 Å². The predicted molar refractivity (Wildman–Crippen MR) is 87.9 cm³/mol. The lowest BCUT2D eigenvalue weighted by molar-refractivity contribution is 0.0514. The highest BCUT2D eigenvalue weighted by molar-refractivity contribution is 5.98. The number of likely N-dealkylation sites (tertiary alicyclic amines) is 1. The molecule has 2 aromatic rings. The normalized spacial score (nSPS) is 17.9. The number of aliphatic hydroxyl groups excluding tert-OH is 1. The second kappa shape index (κ2) is 6.13. The first kappa shape index (κ1) is 15.1. The molecule has 22 heavy (non-hydrogen) atoms. The van der Waals surface area contributed by atoms with E-state index in [1.165, 1.54) is 0 Å². The van der Waals surface area contributed by atoms with Gasteiger partial charge in [0, 0.05) is 30.5 Å². The van der Waals surface area contributed by atoms with Crippen LogP contribution in [0.5, 0.6) is 0 Å². The summed E-state index contributed by atoms with van der Waals surface area (Å²) in [5.74, 6) is 0.433. The molecule has 1 aliphatic rings. The van der Waals surface area contributed by atoms with Gasteiger partial charge >= 0.3 is 0 Å². The van der Waals surface area contributed by atoms with E-state index in [1.807, 2.05) is 30.0 Å². The highest BCUT2D eigenvalue weighted by atomic mass is 16.3. The molecule has 3 rings (SSSR count). The fourth-order valence-corrected chi connectivity index (χ4v) is 3.48. The van der Waals surface area contributed by atoms with E-state index < -0.39 is 0 Å². The molecule has 2 heterocycles. The summed E-state index contributed by atoms with van der Waals surface area (Å²) in [6.07, 6.45) is 1.49. The standard InChI is InChI=1S/C18H24N2O2/c1-3-20-16-7-5-4-6-15(16)12-17(20)18(22)19-10-8-14(9-11-19)13(2)21/h4-7,12-14,21H,3,8-11H2,1-2H3. The fourth-order valence-electron chi connectivity index (χ4n) is 3.48. The number of para-hydroxylation sites is 1. The van der Waals surface area contributed by atoms with Crippen molar-refractivity contribution in [2.45, 2.75) is 39.3 Å². The van der Waals surface area contributed by atoms with Crippen LogP contribution in [-0.4, -0.2) is 39.7 Å². The fraction of sp³-hybridized carbons (Fsp3) is 0.500. The summed E-state index contributed by atoms with van der Waals surface area (Å²) in [4.78, 5) is 14.8. The van der Waals surface area contributed by atoms with Crippen LogP contribution in [0.2, 0.25) is 0 Å². The molecule has 1 aliphatic heterocycles. The zero-order valence-electron chi connectivity index (χ0n) is 13.3. The molecule has 1 saturated heterocycles. The highest BCUT2D eigenvalue weighted by Gasteiger charge is 2.27. The molecule has 1 atom stereocenters. The van der Waals surface area contributed by atoms with Crippen molar-refractivity contribution < 1.29 is 9.90 Å². The predicted octanol–water partition coefficient (Wildman–Crippen LogP) is 2.89. The second-order valence-electron chi connectivity index (χ2n) is 6.20. The van der Waals surface area contributed by atoms with Gasteiger partial charge in [-0.15, -0.1) is 0 Å². The monoisotopic (exact) mass is 300 g/mol. The minimum absolute atomic E-state index is 0.113. The summed E-state index contributed by atoms with van der Waals surface area (Å²) in [6, 6.07) is 10.1. The molecule has 1 N–H and O–H groups in total. The topological polar surface area (TPSA) is 45.5 Å². The molecule has 1 unspecified atom stereocenters. The van der Waals surface area contributed by atoms with Crippen molar-refractivity contribution in [1.82, 2.24) is 9.47 Å². The smallest absolute Gasteiger partial charge is 0.270 e. The second-order valence-corrected chi connectivity index (χ2v) is 6.20. The molecule has 0 bridgehead atoms. The van der Waals surface area contributed by atoms with Crippen LogP contribution in [0.15, 0.2) is 30.3 Å². The first-order chi connectivity index (χ1) is 10.6. The van der Waals surface area contributed by atoms with Crippen LogP contribution in [-0.2, 0) is 6.54 Å². The Balaban J connectivity index is 1.84. The van der Waals surface area contributed by atoms with E-state index in [1.54, 1.807) is 0 Å². The Labute approximate surface area is 131 Å². The number of carbonyl (C=O) groups excluding carboxylic acids is 1. The molecule has 1 aromatic carbocycles. The van der Waals surface area contributed by atoms with E-state index in [4.69, 9.17) is 0 Å². The third kappa shape index (κ3) is 2.63. The minimum atomic E-state index is -0.278. The summed E-state index contributed by atoms with van der Waals surface area (Å²) in [6.45, 7) is 6.18. The number of aliphatic hydroxyl groups is 1. The number of carbonyl (C=O) groups is 1. The molecule has 4 heteroatoms. The van der Waals surface area contributed by atoms with Gasteiger partial charge in [-0.2, -0.15) is 0 Å². The van der Waals surface area contributed by atoms with Crippen molar-refractivity contribution in [1.29, 1.82) is 0 Å². The van der Waals surface area contributed by atoms with E-state index >= 15 is 0 Å². The van der Waals surface area contributed by atoms with E-state index in [-0.39, 0.29) is 12.0 Å². The maximum atomic E-state index is 12.9. The Morgan fingerprint density at radius 3 is 2.64 bits per heavy atom. The summed E-state index contributed by atoms with van der Waals surface area (Å²) in [5.41, 5.74) is 1.89. The van der Waals surface area contributed by atoms with Gasteiger partial charge in [0.15, 0.2) is 0 Å². The molecule has 0 saturated carbocycles. The molecular weight excluding hydrogens is 276 g/mol. The van der Waals surface area contributed by atoms with Crippen LogP contribution in [0.3, 0.4) is 0 Å². The van der Waals surface area contributed by atoms with Crippen molar-refractivity contribution in [3.63, 3.8) is 0 Å². The molecule has 4 nitrogen and oxygen atoms in total. The summed E-state index contributed by atoms with van der Waals surface area (Å²) in [7, 11) is 0. The lowest BCUT2D eigenvalue weighted by atomic mass is 9.92. The summed E-state index contributed by atoms with van der Waals surface area (Å²) < 4.78 is 2.10. The van der Waals surface area contributed by atoms with E-state index in [0.29, 0.717) is 5.92 Å². The first-order valence-electron chi connectivity index (χ1n) is 8.17. The number of fused-ring (bicyclic) bond motifs is 1. The highest BCUT2D eigenvalue weighted by Crippen LogP contribution is 2.25. The van der Waals surface area contributed by atoms with Gasteiger partial charge in [-0.1, -0.05) is 18.2 Å².